The Balaban J connectivity index is 0.00000170. The standard InChI is InChI=1S/C16H18N2O3.C2H6.CH4/c1-4-10(3)6-11-9-18(16(21)13(11)5-2)12-7-14(19)17-15(20)8-12;1-2;/h4-6,12H,1-2,7-9H2,3H3,(H,17,19,20);1-2H3;1H4/b10-6-;;. The Morgan fingerprint density at radius 1 is 1.17 bits per heavy atom. The highest BCUT2D eigenvalue weighted by Crippen LogP contribution is 2.27. The van der Waals surface area contributed by atoms with Crippen molar-refractivity contribution in [1.82, 2.24) is 10.2 Å². The van der Waals surface area contributed by atoms with E-state index in [9.17, 15) is 14.4 Å². The van der Waals surface area contributed by atoms with Crippen LogP contribution in [0.15, 0.2) is 48.1 Å². The van der Waals surface area contributed by atoms with Gasteiger partial charge in [-0.15, -0.1) is 0 Å². The maximum Gasteiger partial charge on any atom is 0.254 e. The van der Waals surface area contributed by atoms with Crippen molar-refractivity contribution in [1.29, 1.82) is 0 Å². The first kappa shape index (κ1) is 21.6. The Bertz CT molecular complexity index is 584. The van der Waals surface area contributed by atoms with E-state index in [0.717, 1.165) is 11.1 Å². The minimum atomic E-state index is -0.386. The van der Waals surface area contributed by atoms with Crippen LogP contribution >= 0.6 is 0 Å². The number of imide groups is 1. The summed E-state index contributed by atoms with van der Waals surface area (Å²) >= 11 is 0. The molecule has 1 saturated heterocycles. The molecule has 3 amide bonds. The lowest BCUT2D eigenvalue weighted by Crippen LogP contribution is -2.49. The zero-order valence-corrected chi connectivity index (χ0v) is 14.0. The van der Waals surface area contributed by atoms with E-state index in [-0.39, 0.29) is 44.0 Å². The third-order valence-electron chi connectivity index (χ3n) is 3.67. The third kappa shape index (κ3) is 4.78. The van der Waals surface area contributed by atoms with Gasteiger partial charge in [-0.25, -0.2) is 0 Å². The van der Waals surface area contributed by atoms with Crippen molar-refractivity contribution in [2.45, 2.75) is 47.1 Å². The number of piperidine rings is 1. The molecule has 132 valence electrons. The van der Waals surface area contributed by atoms with Gasteiger partial charge in [-0.05, 0) is 12.5 Å². The van der Waals surface area contributed by atoms with E-state index >= 15 is 0 Å². The number of carbonyl (C=O) groups is 3. The quantitative estimate of drug-likeness (QED) is 0.636. The van der Waals surface area contributed by atoms with Crippen molar-refractivity contribution in [2.24, 2.45) is 0 Å². The van der Waals surface area contributed by atoms with E-state index in [4.69, 9.17) is 0 Å². The first-order valence-corrected chi connectivity index (χ1v) is 7.76. The minimum absolute atomic E-state index is 0. The summed E-state index contributed by atoms with van der Waals surface area (Å²) < 4.78 is 0. The molecule has 0 unspecified atom stereocenters. The smallest absolute Gasteiger partial charge is 0.254 e. The van der Waals surface area contributed by atoms with Crippen LogP contribution in [0.2, 0.25) is 0 Å². The average molecular weight is 332 g/mol. The molecule has 24 heavy (non-hydrogen) atoms. The molecule has 1 N–H and O–H groups in total. The summed E-state index contributed by atoms with van der Waals surface area (Å²) in [6.45, 7) is 13.6. The molecule has 0 aromatic carbocycles. The number of hydrogen-bond acceptors (Lipinski definition) is 3. The predicted molar refractivity (Wildman–Crippen MR) is 97.1 cm³/mol. The van der Waals surface area contributed by atoms with E-state index in [1.54, 1.807) is 11.0 Å². The summed E-state index contributed by atoms with van der Waals surface area (Å²) in [5.41, 5.74) is 2.30. The maximum atomic E-state index is 12.4. The van der Waals surface area contributed by atoms with Gasteiger partial charge in [0.05, 0.1) is 0 Å². The van der Waals surface area contributed by atoms with Gasteiger partial charge in [0, 0.05) is 31.0 Å². The van der Waals surface area contributed by atoms with Crippen molar-refractivity contribution in [3.05, 3.63) is 48.1 Å². The number of nitrogens with zero attached hydrogens (tertiary/aromatic N) is 1. The van der Waals surface area contributed by atoms with Crippen LogP contribution in [-0.4, -0.2) is 35.2 Å². The number of amides is 3. The Labute approximate surface area is 144 Å². The second kappa shape index (κ2) is 9.65. The van der Waals surface area contributed by atoms with Crippen molar-refractivity contribution in [2.75, 3.05) is 6.54 Å². The molecule has 2 aliphatic heterocycles. The summed E-state index contributed by atoms with van der Waals surface area (Å²) in [5, 5.41) is 2.25. The molecule has 0 radical (unpaired) electrons. The normalized spacial score (nSPS) is 18.5. The van der Waals surface area contributed by atoms with Gasteiger partial charge < -0.3 is 4.90 Å². The molecule has 0 saturated carbocycles. The third-order valence-corrected chi connectivity index (χ3v) is 3.67. The first-order valence-electron chi connectivity index (χ1n) is 7.76. The second-order valence-corrected chi connectivity index (χ2v) is 5.20. The van der Waals surface area contributed by atoms with Gasteiger partial charge in [-0.2, -0.15) is 0 Å². The number of carbonyl (C=O) groups excluding carboxylic acids is 3. The molecule has 5 nitrogen and oxygen atoms in total. The zero-order valence-electron chi connectivity index (χ0n) is 14.0. The monoisotopic (exact) mass is 332 g/mol. The molecule has 1 fully saturated rings. The number of rotatable bonds is 4. The summed E-state index contributed by atoms with van der Waals surface area (Å²) in [5.74, 6) is -0.855. The largest absolute Gasteiger partial charge is 0.330 e. The lowest BCUT2D eigenvalue weighted by molar-refractivity contribution is -0.137. The molecule has 2 heterocycles. The first-order chi connectivity index (χ1) is 11.0. The summed E-state index contributed by atoms with van der Waals surface area (Å²) in [6, 6.07) is -0.386. The predicted octanol–water partition coefficient (Wildman–Crippen LogP) is 2.91. The molecule has 0 spiro atoms. The lowest BCUT2D eigenvalue weighted by atomic mass is 10.0. The molecule has 0 bridgehead atoms. The fraction of sp³-hybridized carbons (Fsp3) is 0.421. The number of allylic oxidation sites excluding steroid dienone is 2. The highest BCUT2D eigenvalue weighted by Gasteiger charge is 2.37. The van der Waals surface area contributed by atoms with Crippen molar-refractivity contribution in [3.63, 3.8) is 0 Å². The van der Waals surface area contributed by atoms with Gasteiger partial charge in [0.1, 0.15) is 0 Å². The van der Waals surface area contributed by atoms with Gasteiger partial charge in [0.2, 0.25) is 11.8 Å². The molecule has 2 aliphatic rings. The highest BCUT2D eigenvalue weighted by atomic mass is 16.2. The Hall–Kier alpha value is -2.43. The van der Waals surface area contributed by atoms with E-state index < -0.39 is 0 Å². The molecular weight excluding hydrogens is 304 g/mol. The second-order valence-electron chi connectivity index (χ2n) is 5.20. The Kier molecular flexibility index (Phi) is 8.67. The molecule has 0 aliphatic carbocycles. The van der Waals surface area contributed by atoms with Crippen LogP contribution in [0.3, 0.4) is 0 Å². The van der Waals surface area contributed by atoms with Crippen LogP contribution in [0.25, 0.3) is 0 Å². The molecule has 0 aromatic rings. The Morgan fingerprint density at radius 3 is 2.17 bits per heavy atom. The molecule has 0 atom stereocenters. The van der Waals surface area contributed by atoms with Crippen molar-refractivity contribution >= 4 is 17.7 Å². The van der Waals surface area contributed by atoms with Gasteiger partial charge in [-0.1, -0.05) is 58.2 Å². The van der Waals surface area contributed by atoms with Crippen LogP contribution < -0.4 is 5.32 Å². The van der Waals surface area contributed by atoms with E-state index in [2.05, 4.69) is 18.5 Å². The fourth-order valence-electron chi connectivity index (χ4n) is 2.58. The Morgan fingerprint density at radius 2 is 1.71 bits per heavy atom. The van der Waals surface area contributed by atoms with E-state index in [1.165, 1.54) is 6.08 Å². The summed E-state index contributed by atoms with van der Waals surface area (Å²) in [6.07, 6.45) is 5.42. The molecule has 0 aromatic heterocycles. The lowest BCUT2D eigenvalue weighted by Gasteiger charge is -2.30. The van der Waals surface area contributed by atoms with E-state index in [1.807, 2.05) is 26.8 Å². The molecule has 5 heteroatoms. The molecule has 2 rings (SSSR count). The van der Waals surface area contributed by atoms with Gasteiger partial charge in [0.25, 0.3) is 5.91 Å². The zero-order chi connectivity index (χ0) is 17.6. The average Bonchev–Trinajstić information content (AvgIpc) is 2.83. The van der Waals surface area contributed by atoms with Gasteiger partial charge >= 0.3 is 0 Å². The van der Waals surface area contributed by atoms with Crippen LogP contribution in [0.1, 0.15) is 41.0 Å². The molecular formula is C19H28N2O3. The maximum absolute atomic E-state index is 12.4. The summed E-state index contributed by atoms with van der Waals surface area (Å²) in [4.78, 5) is 37.0. The van der Waals surface area contributed by atoms with Gasteiger partial charge in [-0.3, -0.25) is 19.7 Å². The van der Waals surface area contributed by atoms with Gasteiger partial charge in [0.15, 0.2) is 0 Å². The van der Waals surface area contributed by atoms with Crippen LogP contribution in [0.5, 0.6) is 0 Å². The topological polar surface area (TPSA) is 66.5 Å². The highest BCUT2D eigenvalue weighted by molar-refractivity contribution is 6.03. The van der Waals surface area contributed by atoms with Crippen molar-refractivity contribution in [3.8, 4) is 0 Å². The van der Waals surface area contributed by atoms with E-state index in [0.29, 0.717) is 12.1 Å². The van der Waals surface area contributed by atoms with Crippen LogP contribution in [0, 0.1) is 0 Å². The number of nitrogens with one attached hydrogen (secondary N) is 1. The summed E-state index contributed by atoms with van der Waals surface area (Å²) in [7, 11) is 0. The fourth-order valence-corrected chi connectivity index (χ4v) is 2.58. The van der Waals surface area contributed by atoms with Crippen molar-refractivity contribution < 1.29 is 14.4 Å². The SMILES string of the molecule is C.C=CC1=C(/C=C(/C)C=C)CN(C2CC(=O)NC(=O)C2)C1=O.CC. The minimum Gasteiger partial charge on any atom is -0.330 e. The van der Waals surface area contributed by atoms with Crippen LogP contribution in [-0.2, 0) is 14.4 Å². The number of hydrogen-bond donors (Lipinski definition) is 1. The van der Waals surface area contributed by atoms with Crippen LogP contribution in [0.4, 0.5) is 0 Å².